The maximum Gasteiger partial charge on any atom is 0.306 e. The minimum Gasteiger partial charge on any atom is -0.490 e. The fourth-order valence-corrected chi connectivity index (χ4v) is 0.754. The third-order valence-electron chi connectivity index (χ3n) is 1.11. The Hall–Kier alpha value is -1.23. The molecule has 1 aromatic rings. The number of hydrogen-bond acceptors (Lipinski definition) is 3. The number of rotatable bonds is 4. The zero-order valence-corrected chi connectivity index (χ0v) is 6.86. The molecule has 0 aliphatic carbocycles. The molecule has 12 heavy (non-hydrogen) atoms. The van der Waals surface area contributed by atoms with Crippen LogP contribution in [0.5, 0.6) is 5.75 Å². The van der Waals surface area contributed by atoms with Gasteiger partial charge in [0.1, 0.15) is 0 Å². The molecule has 0 unspecified atom stereocenters. The van der Waals surface area contributed by atoms with Gasteiger partial charge in [-0.1, -0.05) is 0 Å². The van der Waals surface area contributed by atoms with E-state index in [1.165, 1.54) is 12.4 Å². The summed E-state index contributed by atoms with van der Waals surface area (Å²) in [6, 6.07) is 0. The highest BCUT2D eigenvalue weighted by Gasteiger charge is 1.99. The van der Waals surface area contributed by atoms with Gasteiger partial charge in [-0.15, -0.1) is 0 Å². The lowest BCUT2D eigenvalue weighted by molar-refractivity contribution is -0.137. The van der Waals surface area contributed by atoms with Crippen LogP contribution in [0.25, 0.3) is 0 Å². The highest BCUT2D eigenvalue weighted by atomic mass is 35.5. The average Bonchev–Trinajstić information content (AvgIpc) is 2.35. The fourth-order valence-electron chi connectivity index (χ4n) is 0.614. The smallest absolute Gasteiger partial charge is 0.306 e. The zero-order valence-electron chi connectivity index (χ0n) is 6.11. The van der Waals surface area contributed by atoms with E-state index < -0.39 is 5.97 Å². The van der Waals surface area contributed by atoms with E-state index >= 15 is 0 Å². The predicted molar refractivity (Wildman–Crippen MR) is 41.2 cm³/mol. The molecule has 0 aliphatic rings. The third-order valence-corrected chi connectivity index (χ3v) is 1.30. The van der Waals surface area contributed by atoms with Crippen molar-refractivity contribution in [3.63, 3.8) is 0 Å². The molecule has 0 bridgehead atoms. The van der Waals surface area contributed by atoms with Crippen molar-refractivity contribution in [3.8, 4) is 5.75 Å². The van der Waals surface area contributed by atoms with Gasteiger partial charge in [-0.3, -0.25) is 4.79 Å². The number of carbonyl (C=O) groups is 1. The first-order chi connectivity index (χ1) is 5.68. The van der Waals surface area contributed by atoms with E-state index in [2.05, 4.69) is 5.10 Å². The Morgan fingerprint density at radius 3 is 3.08 bits per heavy atom. The van der Waals surface area contributed by atoms with Gasteiger partial charge in [0.05, 0.1) is 25.4 Å². The number of aliphatic carboxylic acids is 1. The van der Waals surface area contributed by atoms with E-state index in [0.29, 0.717) is 5.75 Å². The van der Waals surface area contributed by atoms with Crippen molar-refractivity contribution in [1.29, 1.82) is 0 Å². The van der Waals surface area contributed by atoms with Crippen LogP contribution >= 0.6 is 11.8 Å². The number of ether oxygens (including phenoxy) is 1. The van der Waals surface area contributed by atoms with Gasteiger partial charge in [-0.2, -0.15) is 9.30 Å². The van der Waals surface area contributed by atoms with Gasteiger partial charge in [0, 0.05) is 11.8 Å². The van der Waals surface area contributed by atoms with Crippen molar-refractivity contribution in [3.05, 3.63) is 12.4 Å². The quantitative estimate of drug-likeness (QED) is 0.761. The summed E-state index contributed by atoms with van der Waals surface area (Å²) in [5, 5.41) is 11.9. The van der Waals surface area contributed by atoms with Gasteiger partial charge in [0.15, 0.2) is 5.75 Å². The Kier molecular flexibility index (Phi) is 2.93. The van der Waals surface area contributed by atoms with Gasteiger partial charge in [0.25, 0.3) is 0 Å². The molecule has 0 spiro atoms. The number of hydrogen-bond donors (Lipinski definition) is 1. The van der Waals surface area contributed by atoms with Crippen LogP contribution in [-0.2, 0) is 4.79 Å². The predicted octanol–water partition coefficient (Wildman–Crippen LogP) is 0.738. The summed E-state index contributed by atoms with van der Waals surface area (Å²) in [6.45, 7) is 0.123. The minimum atomic E-state index is -0.895. The molecule has 66 valence electrons. The zero-order chi connectivity index (χ0) is 8.97. The highest BCUT2D eigenvalue weighted by molar-refractivity contribution is 6.14. The molecular formula is C6H7ClN2O3. The molecule has 0 fully saturated rings. The molecule has 0 radical (unpaired) electrons. The molecule has 0 saturated heterocycles. The van der Waals surface area contributed by atoms with Crippen LogP contribution in [-0.4, -0.2) is 27.0 Å². The molecular weight excluding hydrogens is 184 g/mol. The van der Waals surface area contributed by atoms with Crippen LogP contribution in [0.2, 0.25) is 0 Å². The van der Waals surface area contributed by atoms with Crippen LogP contribution in [0.1, 0.15) is 6.42 Å². The van der Waals surface area contributed by atoms with Gasteiger partial charge < -0.3 is 9.84 Å². The average molecular weight is 191 g/mol. The number of carboxylic acid groups (broad SMARTS) is 1. The van der Waals surface area contributed by atoms with Gasteiger partial charge in [-0.25, -0.2) is 0 Å². The van der Waals surface area contributed by atoms with Crippen molar-refractivity contribution >= 4 is 17.7 Å². The Morgan fingerprint density at radius 2 is 2.58 bits per heavy atom. The largest absolute Gasteiger partial charge is 0.490 e. The van der Waals surface area contributed by atoms with E-state index in [-0.39, 0.29) is 13.0 Å². The second kappa shape index (κ2) is 3.96. The molecule has 6 heteroatoms. The highest BCUT2D eigenvalue weighted by Crippen LogP contribution is 2.08. The van der Waals surface area contributed by atoms with E-state index in [4.69, 9.17) is 21.6 Å². The molecule has 1 heterocycles. The summed E-state index contributed by atoms with van der Waals surface area (Å²) in [4.78, 5) is 10.1. The van der Waals surface area contributed by atoms with Crippen LogP contribution in [0.15, 0.2) is 12.4 Å². The van der Waals surface area contributed by atoms with Gasteiger partial charge >= 0.3 is 5.97 Å². The molecule has 1 aromatic heterocycles. The van der Waals surface area contributed by atoms with Crippen molar-refractivity contribution in [2.24, 2.45) is 0 Å². The lowest BCUT2D eigenvalue weighted by atomic mass is 10.5. The summed E-state index contributed by atoms with van der Waals surface area (Å²) in [5.74, 6) is -0.431. The Balaban J connectivity index is 2.29. The lowest BCUT2D eigenvalue weighted by Crippen LogP contribution is -2.04. The SMILES string of the molecule is O=C(O)CCOc1cnn(Cl)c1. The molecule has 5 nitrogen and oxygen atoms in total. The molecule has 1 N–H and O–H groups in total. The summed E-state index contributed by atoms with van der Waals surface area (Å²) in [7, 11) is 0. The number of carboxylic acids is 1. The molecule has 0 amide bonds. The molecule has 0 aromatic carbocycles. The lowest BCUT2D eigenvalue weighted by Gasteiger charge is -1.98. The second-order valence-corrected chi connectivity index (χ2v) is 2.40. The van der Waals surface area contributed by atoms with Crippen LogP contribution in [0.3, 0.4) is 0 Å². The van der Waals surface area contributed by atoms with E-state index in [0.717, 1.165) is 4.20 Å². The Bertz CT molecular complexity index is 274. The van der Waals surface area contributed by atoms with Crippen molar-refractivity contribution in [1.82, 2.24) is 9.30 Å². The monoisotopic (exact) mass is 190 g/mol. The van der Waals surface area contributed by atoms with Crippen molar-refractivity contribution in [2.75, 3.05) is 6.61 Å². The molecule has 0 saturated carbocycles. The maximum absolute atomic E-state index is 10.1. The van der Waals surface area contributed by atoms with E-state index in [9.17, 15) is 4.79 Å². The molecule has 1 rings (SSSR count). The van der Waals surface area contributed by atoms with Crippen LogP contribution < -0.4 is 4.74 Å². The van der Waals surface area contributed by atoms with Crippen molar-refractivity contribution < 1.29 is 14.6 Å². The summed E-state index contributed by atoms with van der Waals surface area (Å²) in [5.41, 5.74) is 0. The maximum atomic E-state index is 10.1. The topological polar surface area (TPSA) is 64.3 Å². The number of aromatic nitrogens is 2. The van der Waals surface area contributed by atoms with Crippen molar-refractivity contribution in [2.45, 2.75) is 6.42 Å². The second-order valence-electron chi connectivity index (χ2n) is 2.06. The summed E-state index contributed by atoms with van der Waals surface area (Å²) < 4.78 is 6.05. The molecule has 0 atom stereocenters. The van der Waals surface area contributed by atoms with Gasteiger partial charge in [-0.05, 0) is 0 Å². The first kappa shape index (κ1) is 8.86. The summed E-state index contributed by atoms with van der Waals surface area (Å²) in [6.07, 6.45) is 2.83. The standard InChI is InChI=1S/C6H7ClN2O3/c7-9-4-5(3-8-9)12-2-1-6(10)11/h3-4H,1-2H2,(H,10,11). The normalized spacial score (nSPS) is 9.75. The first-order valence-corrected chi connectivity index (χ1v) is 3.57. The first-order valence-electron chi connectivity index (χ1n) is 3.24. The molecule has 0 aliphatic heterocycles. The number of halogens is 1. The summed E-state index contributed by atoms with van der Waals surface area (Å²) >= 11 is 5.41. The minimum absolute atomic E-state index is 0.0343. The van der Waals surface area contributed by atoms with Crippen LogP contribution in [0, 0.1) is 0 Å². The fraction of sp³-hybridized carbons (Fsp3) is 0.333. The number of nitrogens with zero attached hydrogens (tertiary/aromatic N) is 2. The Labute approximate surface area is 73.6 Å². The Morgan fingerprint density at radius 1 is 1.83 bits per heavy atom. The van der Waals surface area contributed by atoms with Crippen LogP contribution in [0.4, 0.5) is 0 Å². The third kappa shape index (κ3) is 2.79. The van der Waals surface area contributed by atoms with Gasteiger partial charge in [0.2, 0.25) is 0 Å². The van der Waals surface area contributed by atoms with E-state index in [1.54, 1.807) is 0 Å². The van der Waals surface area contributed by atoms with E-state index in [1.807, 2.05) is 0 Å².